The van der Waals surface area contributed by atoms with E-state index < -0.39 is 0 Å². The average molecular weight is 465 g/mol. The number of hydrogen-bond donors (Lipinski definition) is 1. The maximum Gasteiger partial charge on any atom is 0.322 e. The van der Waals surface area contributed by atoms with E-state index in [1.54, 1.807) is 17.0 Å². The molecule has 1 aliphatic rings. The molecule has 1 atom stereocenters. The molecule has 0 saturated carbocycles. The summed E-state index contributed by atoms with van der Waals surface area (Å²) in [6.07, 6.45) is 3.08. The summed E-state index contributed by atoms with van der Waals surface area (Å²) in [5, 5.41) is 7.99. The zero-order valence-corrected chi connectivity index (χ0v) is 20.2. The standard InChI is InChI=1S/C26H29ClN4O2/c1-5-6-7-13-31-18(4)22(23(28-26(31)32)19-12-11-16(2)17(3)14-19)25-29-24(30-33-25)20-9-8-10-21(27)15-20/h8-12,14-15,23H,5-7,13H2,1-4H3,(H,28,32). The van der Waals surface area contributed by atoms with Gasteiger partial charge in [0.15, 0.2) is 0 Å². The van der Waals surface area contributed by atoms with Crippen molar-refractivity contribution in [2.75, 3.05) is 6.54 Å². The zero-order chi connectivity index (χ0) is 23.5. The number of hydrogen-bond acceptors (Lipinski definition) is 4. The highest BCUT2D eigenvalue weighted by atomic mass is 35.5. The van der Waals surface area contributed by atoms with E-state index in [4.69, 9.17) is 21.1 Å². The second-order valence-electron chi connectivity index (χ2n) is 8.52. The van der Waals surface area contributed by atoms with E-state index >= 15 is 0 Å². The number of carbonyl (C=O) groups is 1. The Kier molecular flexibility index (Phi) is 6.84. The van der Waals surface area contributed by atoms with Crippen LogP contribution in [-0.4, -0.2) is 27.6 Å². The van der Waals surface area contributed by atoms with Gasteiger partial charge in [-0.05, 0) is 56.0 Å². The molecule has 0 bridgehead atoms. The number of nitrogens with zero attached hydrogens (tertiary/aromatic N) is 3. The first-order valence-electron chi connectivity index (χ1n) is 11.3. The van der Waals surface area contributed by atoms with E-state index in [1.807, 2.05) is 25.1 Å². The van der Waals surface area contributed by atoms with Crippen molar-refractivity contribution in [2.24, 2.45) is 0 Å². The van der Waals surface area contributed by atoms with Crippen LogP contribution in [0.5, 0.6) is 0 Å². The summed E-state index contributed by atoms with van der Waals surface area (Å²) in [5.41, 5.74) is 5.77. The average Bonchev–Trinajstić information content (AvgIpc) is 3.27. The Bertz CT molecular complexity index is 1200. The summed E-state index contributed by atoms with van der Waals surface area (Å²) in [6.45, 7) is 8.89. The molecule has 0 radical (unpaired) electrons. The van der Waals surface area contributed by atoms with Crippen LogP contribution >= 0.6 is 11.6 Å². The quantitative estimate of drug-likeness (QED) is 0.395. The van der Waals surface area contributed by atoms with E-state index in [2.05, 4.69) is 43.4 Å². The molecule has 172 valence electrons. The summed E-state index contributed by atoms with van der Waals surface area (Å²) in [4.78, 5) is 19.6. The third-order valence-electron chi connectivity index (χ3n) is 6.19. The van der Waals surface area contributed by atoms with Gasteiger partial charge in [-0.15, -0.1) is 0 Å². The fourth-order valence-corrected chi connectivity index (χ4v) is 4.31. The Balaban J connectivity index is 1.79. The lowest BCUT2D eigenvalue weighted by molar-refractivity contribution is 0.204. The van der Waals surface area contributed by atoms with Gasteiger partial charge in [-0.25, -0.2) is 4.79 Å². The first kappa shape index (κ1) is 23.1. The van der Waals surface area contributed by atoms with Crippen LogP contribution in [0.25, 0.3) is 17.0 Å². The van der Waals surface area contributed by atoms with Crippen LogP contribution in [0, 0.1) is 13.8 Å². The molecule has 33 heavy (non-hydrogen) atoms. The largest absolute Gasteiger partial charge is 0.334 e. The fourth-order valence-electron chi connectivity index (χ4n) is 4.12. The molecule has 0 fully saturated rings. The lowest BCUT2D eigenvalue weighted by Crippen LogP contribution is -2.46. The van der Waals surface area contributed by atoms with Gasteiger partial charge in [0.25, 0.3) is 5.89 Å². The predicted octanol–water partition coefficient (Wildman–Crippen LogP) is 6.69. The van der Waals surface area contributed by atoms with Gasteiger partial charge in [-0.2, -0.15) is 4.98 Å². The van der Waals surface area contributed by atoms with Crippen LogP contribution in [0.1, 0.15) is 61.7 Å². The molecule has 4 rings (SSSR count). The zero-order valence-electron chi connectivity index (χ0n) is 19.5. The molecule has 1 unspecified atom stereocenters. The number of aromatic nitrogens is 2. The van der Waals surface area contributed by atoms with Crippen molar-refractivity contribution in [1.82, 2.24) is 20.4 Å². The molecule has 0 aliphatic carbocycles. The summed E-state index contributed by atoms with van der Waals surface area (Å²) in [7, 11) is 0. The van der Waals surface area contributed by atoms with Crippen LogP contribution in [-0.2, 0) is 0 Å². The van der Waals surface area contributed by atoms with Gasteiger partial charge in [-0.1, -0.05) is 66.9 Å². The van der Waals surface area contributed by atoms with Gasteiger partial charge in [0.05, 0.1) is 11.6 Å². The number of rotatable bonds is 7. The number of allylic oxidation sites excluding steroid dienone is 1. The lowest BCUT2D eigenvalue weighted by atomic mass is 9.92. The summed E-state index contributed by atoms with van der Waals surface area (Å²) < 4.78 is 5.74. The third-order valence-corrected chi connectivity index (χ3v) is 6.42. The molecule has 3 aromatic rings. The van der Waals surface area contributed by atoms with Crippen molar-refractivity contribution < 1.29 is 9.32 Å². The highest BCUT2D eigenvalue weighted by Crippen LogP contribution is 2.38. The van der Waals surface area contributed by atoms with Crippen molar-refractivity contribution in [1.29, 1.82) is 0 Å². The van der Waals surface area contributed by atoms with E-state index in [0.717, 1.165) is 47.2 Å². The molecule has 2 amide bonds. The van der Waals surface area contributed by atoms with Gasteiger partial charge >= 0.3 is 6.03 Å². The third kappa shape index (κ3) is 4.81. The summed E-state index contributed by atoms with van der Waals surface area (Å²) in [6, 6.07) is 13.1. The number of urea groups is 1. The second kappa shape index (κ2) is 9.79. The number of benzene rings is 2. The van der Waals surface area contributed by atoms with Crippen LogP contribution in [0.3, 0.4) is 0 Å². The van der Waals surface area contributed by atoms with Gasteiger partial charge in [0, 0.05) is 22.8 Å². The van der Waals surface area contributed by atoms with Crippen LogP contribution < -0.4 is 5.32 Å². The Hall–Kier alpha value is -3.12. The molecule has 1 aromatic heterocycles. The van der Waals surface area contributed by atoms with Crippen LogP contribution in [0.4, 0.5) is 4.79 Å². The minimum atomic E-state index is -0.383. The van der Waals surface area contributed by atoms with Crippen LogP contribution in [0.15, 0.2) is 52.7 Å². The second-order valence-corrected chi connectivity index (χ2v) is 8.95. The first-order valence-corrected chi connectivity index (χ1v) is 11.7. The van der Waals surface area contributed by atoms with Crippen LogP contribution in [0.2, 0.25) is 5.02 Å². The molecular weight excluding hydrogens is 436 g/mol. The Morgan fingerprint density at radius 3 is 2.64 bits per heavy atom. The maximum absolute atomic E-state index is 13.1. The Morgan fingerprint density at radius 2 is 1.91 bits per heavy atom. The van der Waals surface area contributed by atoms with Crippen molar-refractivity contribution >= 4 is 23.2 Å². The Labute approximate surface area is 199 Å². The van der Waals surface area contributed by atoms with E-state index in [0.29, 0.717) is 23.3 Å². The van der Waals surface area contributed by atoms with Gasteiger partial charge in [0.2, 0.25) is 5.82 Å². The number of amides is 2. The van der Waals surface area contributed by atoms with E-state index in [1.165, 1.54) is 5.56 Å². The molecule has 6 nitrogen and oxygen atoms in total. The monoisotopic (exact) mass is 464 g/mol. The molecule has 0 saturated heterocycles. The van der Waals surface area contributed by atoms with Gasteiger partial charge < -0.3 is 9.84 Å². The maximum atomic E-state index is 13.1. The molecule has 1 aliphatic heterocycles. The molecular formula is C26H29ClN4O2. The SMILES string of the molecule is CCCCCN1C(=O)NC(c2ccc(C)c(C)c2)C(c2nc(-c3cccc(Cl)c3)no2)=C1C. The predicted molar refractivity (Wildman–Crippen MR) is 131 cm³/mol. The minimum Gasteiger partial charge on any atom is -0.334 e. The van der Waals surface area contributed by atoms with Crippen molar-refractivity contribution in [3.05, 3.63) is 75.8 Å². The molecule has 1 N–H and O–H groups in total. The molecule has 7 heteroatoms. The number of unbranched alkanes of at least 4 members (excludes halogenated alkanes) is 2. The highest BCUT2D eigenvalue weighted by Gasteiger charge is 2.35. The number of aryl methyl sites for hydroxylation is 2. The first-order chi connectivity index (χ1) is 15.9. The summed E-state index contributed by atoms with van der Waals surface area (Å²) in [5.74, 6) is 0.854. The molecule has 0 spiro atoms. The normalized spacial score (nSPS) is 16.3. The molecule has 2 heterocycles. The van der Waals surface area contributed by atoms with Gasteiger partial charge in [0.1, 0.15) is 0 Å². The number of nitrogens with one attached hydrogen (secondary N) is 1. The van der Waals surface area contributed by atoms with Gasteiger partial charge in [-0.3, -0.25) is 4.90 Å². The van der Waals surface area contributed by atoms with E-state index in [-0.39, 0.29) is 12.1 Å². The smallest absolute Gasteiger partial charge is 0.322 e. The van der Waals surface area contributed by atoms with Crippen molar-refractivity contribution in [3.8, 4) is 11.4 Å². The van der Waals surface area contributed by atoms with E-state index in [9.17, 15) is 4.79 Å². The van der Waals surface area contributed by atoms with Crippen molar-refractivity contribution in [2.45, 2.75) is 53.0 Å². The highest BCUT2D eigenvalue weighted by molar-refractivity contribution is 6.30. The minimum absolute atomic E-state index is 0.106. The number of halogens is 1. The Morgan fingerprint density at radius 1 is 1.09 bits per heavy atom. The topological polar surface area (TPSA) is 71.3 Å². The fraction of sp³-hybridized carbons (Fsp3) is 0.346. The number of carbonyl (C=O) groups excluding carboxylic acids is 1. The molecule has 2 aromatic carbocycles. The summed E-state index contributed by atoms with van der Waals surface area (Å²) >= 11 is 6.15. The lowest BCUT2D eigenvalue weighted by Gasteiger charge is -2.35. The van der Waals surface area contributed by atoms with Crippen molar-refractivity contribution in [3.63, 3.8) is 0 Å².